The Morgan fingerprint density at radius 2 is 1.89 bits per heavy atom. The molecular formula is C15H28N2O. The monoisotopic (exact) mass is 252 g/mol. The third-order valence-electron chi connectivity index (χ3n) is 5.29. The Kier molecular flexibility index (Phi) is 4.22. The second-order valence-corrected chi connectivity index (χ2v) is 6.53. The van der Waals surface area contributed by atoms with Crippen LogP contribution < -0.4 is 10.6 Å². The van der Waals surface area contributed by atoms with E-state index < -0.39 is 0 Å². The fraction of sp³-hybridized carbons (Fsp3) is 1.00. The van der Waals surface area contributed by atoms with Crippen molar-refractivity contribution >= 4 is 0 Å². The van der Waals surface area contributed by atoms with E-state index in [2.05, 4.69) is 10.6 Å². The van der Waals surface area contributed by atoms with Gasteiger partial charge in [-0.05, 0) is 63.8 Å². The molecule has 0 aromatic heterocycles. The van der Waals surface area contributed by atoms with Crippen LogP contribution in [0.15, 0.2) is 0 Å². The second-order valence-electron chi connectivity index (χ2n) is 6.53. The Labute approximate surface area is 111 Å². The minimum Gasteiger partial charge on any atom is -0.380 e. The minimum atomic E-state index is 0.467. The van der Waals surface area contributed by atoms with Crippen molar-refractivity contribution < 1.29 is 4.74 Å². The third-order valence-corrected chi connectivity index (χ3v) is 5.29. The van der Waals surface area contributed by atoms with Crippen molar-refractivity contribution in [3.05, 3.63) is 0 Å². The molecule has 3 nitrogen and oxygen atoms in total. The number of piperidine rings is 1. The van der Waals surface area contributed by atoms with Gasteiger partial charge in [0.15, 0.2) is 0 Å². The molecule has 2 N–H and O–H groups in total. The lowest BCUT2D eigenvalue weighted by atomic mass is 9.89. The molecule has 3 aliphatic rings. The van der Waals surface area contributed by atoms with Crippen LogP contribution in [0.3, 0.4) is 0 Å². The van der Waals surface area contributed by atoms with Gasteiger partial charge in [-0.3, -0.25) is 0 Å². The van der Waals surface area contributed by atoms with Crippen LogP contribution >= 0.6 is 0 Å². The van der Waals surface area contributed by atoms with Crippen LogP contribution in [-0.2, 0) is 4.74 Å². The van der Waals surface area contributed by atoms with Gasteiger partial charge < -0.3 is 15.4 Å². The Morgan fingerprint density at radius 1 is 1.11 bits per heavy atom. The quantitative estimate of drug-likeness (QED) is 0.786. The number of hydrogen-bond donors (Lipinski definition) is 2. The first-order valence-corrected chi connectivity index (χ1v) is 7.87. The molecule has 0 spiro atoms. The van der Waals surface area contributed by atoms with Crippen LogP contribution in [0.4, 0.5) is 0 Å². The van der Waals surface area contributed by atoms with Crippen molar-refractivity contribution in [2.75, 3.05) is 13.7 Å². The lowest BCUT2D eigenvalue weighted by Crippen LogP contribution is -2.41. The number of rotatable bonds is 5. The lowest BCUT2D eigenvalue weighted by Gasteiger charge is -2.29. The highest BCUT2D eigenvalue weighted by Crippen LogP contribution is 2.32. The molecule has 2 aliphatic heterocycles. The van der Waals surface area contributed by atoms with E-state index in [9.17, 15) is 0 Å². The van der Waals surface area contributed by atoms with Gasteiger partial charge in [0.1, 0.15) is 0 Å². The molecule has 0 radical (unpaired) electrons. The van der Waals surface area contributed by atoms with Crippen LogP contribution in [0.5, 0.6) is 0 Å². The Morgan fingerprint density at radius 3 is 2.61 bits per heavy atom. The van der Waals surface area contributed by atoms with Crippen LogP contribution in [-0.4, -0.2) is 37.9 Å². The fourth-order valence-corrected chi connectivity index (χ4v) is 4.33. The van der Waals surface area contributed by atoms with E-state index in [4.69, 9.17) is 4.74 Å². The average molecular weight is 252 g/mol. The van der Waals surface area contributed by atoms with E-state index in [-0.39, 0.29) is 0 Å². The van der Waals surface area contributed by atoms with E-state index in [1.807, 2.05) is 7.11 Å². The highest BCUT2D eigenvalue weighted by Gasteiger charge is 2.33. The first-order valence-electron chi connectivity index (χ1n) is 7.87. The Bertz CT molecular complexity index is 259. The number of fused-ring (bicyclic) bond motifs is 2. The maximum Gasteiger partial charge on any atom is 0.0724 e. The van der Waals surface area contributed by atoms with Crippen molar-refractivity contribution in [3.63, 3.8) is 0 Å². The van der Waals surface area contributed by atoms with Crippen LogP contribution in [0.2, 0.25) is 0 Å². The molecule has 104 valence electrons. The smallest absolute Gasteiger partial charge is 0.0724 e. The van der Waals surface area contributed by atoms with E-state index in [0.717, 1.165) is 18.0 Å². The summed E-state index contributed by atoms with van der Waals surface area (Å²) < 4.78 is 5.54. The first-order chi connectivity index (χ1) is 8.85. The SMILES string of the molecule is COC1CCCC1NCCC1CC2CCC(C1)N2. The minimum absolute atomic E-state index is 0.467. The topological polar surface area (TPSA) is 33.3 Å². The molecule has 1 aliphatic carbocycles. The van der Waals surface area contributed by atoms with E-state index >= 15 is 0 Å². The van der Waals surface area contributed by atoms with Gasteiger partial charge in [-0.1, -0.05) is 0 Å². The summed E-state index contributed by atoms with van der Waals surface area (Å²) in [7, 11) is 1.86. The van der Waals surface area contributed by atoms with Crippen LogP contribution in [0, 0.1) is 5.92 Å². The largest absolute Gasteiger partial charge is 0.380 e. The van der Waals surface area contributed by atoms with Gasteiger partial charge in [0.25, 0.3) is 0 Å². The molecule has 1 saturated carbocycles. The van der Waals surface area contributed by atoms with Gasteiger partial charge in [0.2, 0.25) is 0 Å². The zero-order valence-electron chi connectivity index (χ0n) is 11.7. The summed E-state index contributed by atoms with van der Waals surface area (Å²) >= 11 is 0. The molecular weight excluding hydrogens is 224 g/mol. The van der Waals surface area contributed by atoms with E-state index in [1.54, 1.807) is 0 Å². The molecule has 2 heterocycles. The number of methoxy groups -OCH3 is 1. The molecule has 2 saturated heterocycles. The average Bonchev–Trinajstić information content (AvgIpc) is 2.96. The van der Waals surface area contributed by atoms with Gasteiger partial charge in [0.05, 0.1) is 6.10 Å². The van der Waals surface area contributed by atoms with Crippen molar-refractivity contribution in [2.24, 2.45) is 5.92 Å². The van der Waals surface area contributed by atoms with Gasteiger partial charge >= 0.3 is 0 Å². The van der Waals surface area contributed by atoms with Crippen molar-refractivity contribution in [1.82, 2.24) is 10.6 Å². The predicted molar refractivity (Wildman–Crippen MR) is 73.7 cm³/mol. The summed E-state index contributed by atoms with van der Waals surface area (Å²) in [6.45, 7) is 1.19. The zero-order valence-corrected chi connectivity index (χ0v) is 11.7. The predicted octanol–water partition coefficient (Wildman–Crippen LogP) is 2.06. The summed E-state index contributed by atoms with van der Waals surface area (Å²) in [5.41, 5.74) is 0. The molecule has 3 heteroatoms. The summed E-state index contributed by atoms with van der Waals surface area (Å²) in [5.74, 6) is 0.957. The van der Waals surface area contributed by atoms with Crippen LogP contribution in [0.25, 0.3) is 0 Å². The van der Waals surface area contributed by atoms with Gasteiger partial charge in [-0.2, -0.15) is 0 Å². The number of hydrogen-bond acceptors (Lipinski definition) is 3. The number of ether oxygens (including phenoxy) is 1. The summed E-state index contributed by atoms with van der Waals surface area (Å²) in [6.07, 6.45) is 11.4. The highest BCUT2D eigenvalue weighted by molar-refractivity contribution is 4.92. The molecule has 18 heavy (non-hydrogen) atoms. The Balaban J connectivity index is 1.37. The molecule has 3 rings (SSSR count). The molecule has 0 aromatic carbocycles. The number of nitrogens with one attached hydrogen (secondary N) is 2. The molecule has 4 unspecified atom stereocenters. The zero-order chi connectivity index (χ0) is 12.4. The van der Waals surface area contributed by atoms with Gasteiger partial charge in [-0.25, -0.2) is 0 Å². The summed E-state index contributed by atoms with van der Waals surface area (Å²) in [6, 6.07) is 2.30. The maximum absolute atomic E-state index is 5.54. The van der Waals surface area contributed by atoms with Gasteiger partial charge in [0, 0.05) is 25.2 Å². The molecule has 4 atom stereocenters. The van der Waals surface area contributed by atoms with Crippen LogP contribution in [0.1, 0.15) is 51.4 Å². The third kappa shape index (κ3) is 2.89. The molecule has 3 fully saturated rings. The highest BCUT2D eigenvalue weighted by atomic mass is 16.5. The molecule has 0 aromatic rings. The lowest BCUT2D eigenvalue weighted by molar-refractivity contribution is 0.0844. The molecule has 2 bridgehead atoms. The summed E-state index contributed by atoms with van der Waals surface area (Å²) in [5, 5.41) is 7.46. The van der Waals surface area contributed by atoms with Crippen molar-refractivity contribution in [3.8, 4) is 0 Å². The summed E-state index contributed by atoms with van der Waals surface area (Å²) in [4.78, 5) is 0. The standard InChI is InChI=1S/C15H28N2O/c1-18-15-4-2-3-14(15)16-8-7-11-9-12-5-6-13(10-11)17-12/h11-17H,2-10H2,1H3. The van der Waals surface area contributed by atoms with E-state index in [1.165, 1.54) is 57.9 Å². The van der Waals surface area contributed by atoms with Crippen molar-refractivity contribution in [1.29, 1.82) is 0 Å². The molecule has 0 amide bonds. The normalized spacial score (nSPS) is 43.5. The Hall–Kier alpha value is -0.120. The maximum atomic E-state index is 5.54. The first kappa shape index (κ1) is 12.9. The van der Waals surface area contributed by atoms with Gasteiger partial charge in [-0.15, -0.1) is 0 Å². The fourth-order valence-electron chi connectivity index (χ4n) is 4.33. The van der Waals surface area contributed by atoms with E-state index in [0.29, 0.717) is 12.1 Å². The second kappa shape index (κ2) is 5.89. The van der Waals surface area contributed by atoms with Crippen molar-refractivity contribution in [2.45, 2.75) is 75.6 Å².